The smallest absolute Gasteiger partial charge is 0.183 e. The molecule has 0 aliphatic carbocycles. The second kappa shape index (κ2) is 5.72. The number of anilines is 1. The third-order valence-electron chi connectivity index (χ3n) is 2.62. The molecule has 98 valence electrons. The predicted octanol–water partition coefficient (Wildman–Crippen LogP) is 0.605. The molecule has 2 aromatic rings. The minimum atomic E-state index is 0.740. The Morgan fingerprint density at radius 1 is 1.33 bits per heavy atom. The van der Waals surface area contributed by atoms with Gasteiger partial charge in [0.05, 0.1) is 0 Å². The molecule has 0 bridgehead atoms. The summed E-state index contributed by atoms with van der Waals surface area (Å²) in [6.45, 7) is 4.67. The fraction of sp³-hybridized carbons (Fsp3) is 0.636. The van der Waals surface area contributed by atoms with Crippen LogP contribution in [-0.2, 0) is 6.54 Å². The monoisotopic (exact) mass is 249 g/mol. The molecular formula is C11H19N7. The van der Waals surface area contributed by atoms with Gasteiger partial charge in [-0.25, -0.2) is 14.6 Å². The van der Waals surface area contributed by atoms with E-state index in [2.05, 4.69) is 44.6 Å². The number of nitrogens with one attached hydrogen (secondary N) is 1. The van der Waals surface area contributed by atoms with Gasteiger partial charge >= 0.3 is 0 Å². The second-order valence-electron chi connectivity index (χ2n) is 4.39. The van der Waals surface area contributed by atoms with Crippen molar-refractivity contribution in [2.75, 3.05) is 32.5 Å². The van der Waals surface area contributed by atoms with E-state index < -0.39 is 0 Å². The van der Waals surface area contributed by atoms with Crippen LogP contribution >= 0.6 is 0 Å². The lowest BCUT2D eigenvalue weighted by Gasteiger charge is -2.08. The quantitative estimate of drug-likeness (QED) is 0.808. The SMILES string of the molecule is CCNc1ncnc2c1nnn2CCCN(C)C. The summed E-state index contributed by atoms with van der Waals surface area (Å²) in [7, 11) is 4.12. The minimum absolute atomic E-state index is 0.740. The molecule has 2 rings (SSSR count). The van der Waals surface area contributed by atoms with Crippen LogP contribution in [0.1, 0.15) is 13.3 Å². The Morgan fingerprint density at radius 2 is 2.17 bits per heavy atom. The Labute approximate surface area is 106 Å². The molecule has 0 saturated carbocycles. The van der Waals surface area contributed by atoms with Gasteiger partial charge in [0, 0.05) is 13.1 Å². The van der Waals surface area contributed by atoms with Crippen molar-refractivity contribution in [2.45, 2.75) is 19.9 Å². The van der Waals surface area contributed by atoms with E-state index in [1.165, 1.54) is 0 Å². The highest BCUT2D eigenvalue weighted by atomic mass is 15.4. The third-order valence-corrected chi connectivity index (χ3v) is 2.62. The Hall–Kier alpha value is -1.76. The van der Waals surface area contributed by atoms with E-state index >= 15 is 0 Å². The zero-order valence-electron chi connectivity index (χ0n) is 11.1. The van der Waals surface area contributed by atoms with Crippen LogP contribution < -0.4 is 5.32 Å². The fourth-order valence-corrected chi connectivity index (χ4v) is 1.78. The van der Waals surface area contributed by atoms with Gasteiger partial charge in [0.25, 0.3) is 0 Å². The van der Waals surface area contributed by atoms with E-state index in [9.17, 15) is 0 Å². The van der Waals surface area contributed by atoms with E-state index in [1.54, 1.807) is 6.33 Å². The number of fused-ring (bicyclic) bond motifs is 1. The molecule has 1 N–H and O–H groups in total. The van der Waals surface area contributed by atoms with Gasteiger partial charge in [-0.1, -0.05) is 5.21 Å². The Morgan fingerprint density at radius 3 is 2.89 bits per heavy atom. The summed E-state index contributed by atoms with van der Waals surface area (Å²) in [5.74, 6) is 0.751. The summed E-state index contributed by atoms with van der Waals surface area (Å²) in [5.41, 5.74) is 1.53. The molecule has 7 heteroatoms. The molecular weight excluding hydrogens is 230 g/mol. The van der Waals surface area contributed by atoms with E-state index in [1.807, 2.05) is 11.6 Å². The molecule has 0 amide bonds. The summed E-state index contributed by atoms with van der Waals surface area (Å²) in [6.07, 6.45) is 2.57. The fourth-order valence-electron chi connectivity index (χ4n) is 1.78. The highest BCUT2D eigenvalue weighted by molar-refractivity contribution is 5.81. The van der Waals surface area contributed by atoms with Crippen molar-refractivity contribution >= 4 is 17.0 Å². The van der Waals surface area contributed by atoms with Gasteiger partial charge < -0.3 is 10.2 Å². The van der Waals surface area contributed by atoms with Crippen molar-refractivity contribution in [3.63, 3.8) is 0 Å². The summed E-state index contributed by atoms with van der Waals surface area (Å²) in [5, 5.41) is 11.5. The summed E-state index contributed by atoms with van der Waals surface area (Å²) in [6, 6.07) is 0. The number of hydrogen-bond donors (Lipinski definition) is 1. The van der Waals surface area contributed by atoms with Gasteiger partial charge in [0.2, 0.25) is 0 Å². The number of aromatic nitrogens is 5. The molecule has 0 aliphatic rings. The van der Waals surface area contributed by atoms with Gasteiger partial charge in [0.1, 0.15) is 6.33 Å². The molecule has 0 atom stereocenters. The number of rotatable bonds is 6. The van der Waals surface area contributed by atoms with E-state index in [0.717, 1.165) is 43.0 Å². The maximum atomic E-state index is 4.26. The van der Waals surface area contributed by atoms with Gasteiger partial charge in [-0.05, 0) is 34.0 Å². The van der Waals surface area contributed by atoms with Crippen LogP contribution in [0.5, 0.6) is 0 Å². The molecule has 18 heavy (non-hydrogen) atoms. The first-order valence-electron chi connectivity index (χ1n) is 6.15. The largest absolute Gasteiger partial charge is 0.368 e. The number of nitrogens with zero attached hydrogens (tertiary/aromatic N) is 6. The predicted molar refractivity (Wildman–Crippen MR) is 70.5 cm³/mol. The van der Waals surface area contributed by atoms with Crippen molar-refractivity contribution < 1.29 is 0 Å². The number of hydrogen-bond acceptors (Lipinski definition) is 6. The molecule has 0 spiro atoms. The molecule has 2 aromatic heterocycles. The lowest BCUT2D eigenvalue weighted by atomic mass is 10.4. The normalized spacial score (nSPS) is 11.3. The average molecular weight is 249 g/mol. The zero-order valence-corrected chi connectivity index (χ0v) is 11.1. The van der Waals surface area contributed by atoms with Crippen LogP contribution in [0.2, 0.25) is 0 Å². The van der Waals surface area contributed by atoms with Crippen LogP contribution in [0.15, 0.2) is 6.33 Å². The Balaban J connectivity index is 2.17. The lowest BCUT2D eigenvalue weighted by Crippen LogP contribution is -2.15. The van der Waals surface area contributed by atoms with E-state index in [0.29, 0.717) is 0 Å². The van der Waals surface area contributed by atoms with Gasteiger partial charge in [-0.2, -0.15) is 0 Å². The molecule has 0 saturated heterocycles. The molecule has 0 fully saturated rings. The average Bonchev–Trinajstić information content (AvgIpc) is 2.74. The maximum Gasteiger partial charge on any atom is 0.183 e. The first-order valence-corrected chi connectivity index (χ1v) is 6.15. The molecule has 0 unspecified atom stereocenters. The maximum absolute atomic E-state index is 4.26. The van der Waals surface area contributed by atoms with Crippen molar-refractivity contribution in [3.8, 4) is 0 Å². The van der Waals surface area contributed by atoms with Crippen LogP contribution in [0, 0.1) is 0 Å². The first-order chi connectivity index (χ1) is 8.72. The second-order valence-corrected chi connectivity index (χ2v) is 4.39. The van der Waals surface area contributed by atoms with Gasteiger partial charge in [-0.3, -0.25) is 0 Å². The summed E-state index contributed by atoms with van der Waals surface area (Å²) < 4.78 is 1.83. The van der Waals surface area contributed by atoms with E-state index in [4.69, 9.17) is 0 Å². The molecule has 2 heterocycles. The van der Waals surface area contributed by atoms with Crippen LogP contribution in [-0.4, -0.2) is 57.0 Å². The standard InChI is InChI=1S/C11H19N7/c1-4-12-10-9-11(14-8-13-10)18(16-15-9)7-5-6-17(2)3/h8H,4-7H2,1-3H3,(H,12,13,14). The lowest BCUT2D eigenvalue weighted by molar-refractivity contribution is 0.380. The first kappa shape index (κ1) is 12.7. The van der Waals surface area contributed by atoms with E-state index in [-0.39, 0.29) is 0 Å². The molecule has 7 nitrogen and oxygen atoms in total. The van der Waals surface area contributed by atoms with Crippen LogP contribution in [0.3, 0.4) is 0 Å². The Kier molecular flexibility index (Phi) is 4.03. The van der Waals surface area contributed by atoms with Gasteiger partial charge in [0.15, 0.2) is 17.0 Å². The summed E-state index contributed by atoms with van der Waals surface area (Å²) >= 11 is 0. The third kappa shape index (κ3) is 2.73. The van der Waals surface area contributed by atoms with Crippen LogP contribution in [0.25, 0.3) is 11.2 Å². The number of aryl methyl sites for hydroxylation is 1. The zero-order chi connectivity index (χ0) is 13.0. The van der Waals surface area contributed by atoms with Crippen molar-refractivity contribution in [1.29, 1.82) is 0 Å². The summed E-state index contributed by atoms with van der Waals surface area (Å²) in [4.78, 5) is 10.6. The van der Waals surface area contributed by atoms with Crippen molar-refractivity contribution in [3.05, 3.63) is 6.33 Å². The topological polar surface area (TPSA) is 71.8 Å². The van der Waals surface area contributed by atoms with Gasteiger partial charge in [-0.15, -0.1) is 5.10 Å². The molecule has 0 aromatic carbocycles. The minimum Gasteiger partial charge on any atom is -0.368 e. The molecule has 0 aliphatic heterocycles. The van der Waals surface area contributed by atoms with Crippen LogP contribution in [0.4, 0.5) is 5.82 Å². The van der Waals surface area contributed by atoms with Crippen molar-refractivity contribution in [2.24, 2.45) is 0 Å². The van der Waals surface area contributed by atoms with Crippen molar-refractivity contribution in [1.82, 2.24) is 29.9 Å². The Bertz CT molecular complexity index is 505. The molecule has 0 radical (unpaired) electrons. The highest BCUT2D eigenvalue weighted by Crippen LogP contribution is 2.15. The highest BCUT2D eigenvalue weighted by Gasteiger charge is 2.10.